The maximum Gasteiger partial charge on any atom is -1.00 e. The minimum absolute atomic E-state index is 0. The quantitative estimate of drug-likeness (QED) is 0.448. The Morgan fingerprint density at radius 1 is 1.00 bits per heavy atom. The van der Waals surface area contributed by atoms with Crippen molar-refractivity contribution in [2.75, 3.05) is 0 Å². The summed E-state index contributed by atoms with van der Waals surface area (Å²) in [6.07, 6.45) is 2.36. The summed E-state index contributed by atoms with van der Waals surface area (Å²) in [5.41, 5.74) is 3.74. The van der Waals surface area contributed by atoms with Gasteiger partial charge in [0.1, 0.15) is 0 Å². The average molecular weight is 342 g/mol. The van der Waals surface area contributed by atoms with Gasteiger partial charge in [-0.25, -0.2) is 0 Å². The van der Waals surface area contributed by atoms with Crippen LogP contribution >= 0.6 is 0 Å². The summed E-state index contributed by atoms with van der Waals surface area (Å²) in [7, 11) is -1.11. The van der Waals surface area contributed by atoms with Crippen LogP contribution in [0.4, 0.5) is 0 Å². The van der Waals surface area contributed by atoms with Crippen LogP contribution in [0.3, 0.4) is 0 Å². The summed E-state index contributed by atoms with van der Waals surface area (Å²) >= 11 is 2.28. The van der Waals surface area contributed by atoms with Gasteiger partial charge < -0.3 is 37.2 Å². The van der Waals surface area contributed by atoms with Gasteiger partial charge in [-0.2, -0.15) is 0 Å². The molecule has 1 unspecified atom stereocenters. The molecule has 0 saturated carbocycles. The Balaban J connectivity index is 0. The Bertz CT molecular complexity index is 399. The van der Waals surface area contributed by atoms with E-state index in [1.54, 1.807) is 9.44 Å². The first-order chi connectivity index (χ1) is 6.50. The monoisotopic (exact) mass is 340 g/mol. The Kier molecular flexibility index (Phi) is 8.71. The molecule has 1 aromatic carbocycles. The Hall–Kier alpha value is 0.761. The number of fused-ring (bicyclic) bond motifs is 1. The predicted octanol–water partition coefficient (Wildman–Crippen LogP) is -5.44. The van der Waals surface area contributed by atoms with Gasteiger partial charge in [-0.3, -0.25) is 0 Å². The molecule has 0 nitrogen and oxygen atoms in total. The maximum absolute atomic E-state index is 2.46. The molecule has 0 bridgehead atoms. The average Bonchev–Trinajstić information content (AvgIpc) is 2.38. The van der Waals surface area contributed by atoms with Gasteiger partial charge in [0.15, 0.2) is 0 Å². The van der Waals surface area contributed by atoms with Crippen molar-refractivity contribution in [1.82, 2.24) is 0 Å². The van der Waals surface area contributed by atoms with Gasteiger partial charge in [-0.05, 0) is 0 Å². The van der Waals surface area contributed by atoms with Crippen molar-refractivity contribution in [3.05, 3.63) is 39.3 Å². The summed E-state index contributed by atoms with van der Waals surface area (Å²) < 4.78 is 1.56. The second-order valence-electron chi connectivity index (χ2n) is 5.03. The van der Waals surface area contributed by atoms with Crippen LogP contribution in [-0.2, 0) is 20.4 Å². The van der Waals surface area contributed by atoms with E-state index < -0.39 is 8.07 Å². The second-order valence-corrected chi connectivity index (χ2v) is 11.2. The first-order valence-corrected chi connectivity index (χ1v) is 9.38. The van der Waals surface area contributed by atoms with Crippen molar-refractivity contribution in [2.45, 2.75) is 25.2 Å². The van der Waals surface area contributed by atoms with E-state index in [1.807, 2.05) is 0 Å². The number of halogens is 3. The SMILES string of the molecule is C[Si](C)(C)C1[C]([Ti+3])=Cc2ccccc21.[Cl-].[Cl-].[Cl-]. The van der Waals surface area contributed by atoms with E-state index in [9.17, 15) is 0 Å². The molecule has 0 aliphatic heterocycles. The molecule has 0 saturated heterocycles. The van der Waals surface area contributed by atoms with Gasteiger partial charge in [0.05, 0.1) is 0 Å². The van der Waals surface area contributed by atoms with Crippen molar-refractivity contribution in [1.29, 1.82) is 0 Å². The topological polar surface area (TPSA) is 0 Å². The van der Waals surface area contributed by atoms with Crippen molar-refractivity contribution in [3.63, 3.8) is 0 Å². The van der Waals surface area contributed by atoms with Crippen LogP contribution in [0, 0.1) is 0 Å². The predicted molar refractivity (Wildman–Crippen MR) is 60.5 cm³/mol. The summed E-state index contributed by atoms with van der Waals surface area (Å²) in [6.45, 7) is 7.37. The molecule has 1 aliphatic carbocycles. The molecule has 92 valence electrons. The van der Waals surface area contributed by atoms with E-state index in [4.69, 9.17) is 0 Å². The third kappa shape index (κ3) is 4.12. The van der Waals surface area contributed by atoms with E-state index in [0.29, 0.717) is 0 Å². The number of rotatable bonds is 1. The summed E-state index contributed by atoms with van der Waals surface area (Å²) in [4.78, 5) is 0. The molecule has 0 heterocycles. The molecule has 1 aliphatic rings. The fourth-order valence-corrected chi connectivity index (χ4v) is 6.98. The fraction of sp³-hybridized carbons (Fsp3) is 0.333. The van der Waals surface area contributed by atoms with Gasteiger partial charge in [-0.1, -0.05) is 0 Å². The molecule has 0 spiro atoms. The van der Waals surface area contributed by atoms with Crippen LogP contribution in [0.2, 0.25) is 19.6 Å². The molecular formula is C12H15Cl3SiTi. The zero-order chi connectivity index (χ0) is 10.3. The zero-order valence-corrected chi connectivity index (χ0v) is 14.9. The van der Waals surface area contributed by atoms with Crippen molar-refractivity contribution in [2.24, 2.45) is 0 Å². The molecule has 2 rings (SSSR count). The van der Waals surface area contributed by atoms with Crippen LogP contribution in [0.5, 0.6) is 0 Å². The van der Waals surface area contributed by atoms with Gasteiger partial charge in [-0.15, -0.1) is 0 Å². The number of benzene rings is 1. The largest absolute Gasteiger partial charge is 1.00 e. The molecular weight excluding hydrogens is 326 g/mol. The van der Waals surface area contributed by atoms with Gasteiger partial charge in [0.2, 0.25) is 0 Å². The van der Waals surface area contributed by atoms with Crippen molar-refractivity contribution >= 4 is 14.1 Å². The third-order valence-electron chi connectivity index (χ3n) is 2.80. The smallest absolute Gasteiger partial charge is 1.00 e. The molecule has 5 heteroatoms. The Morgan fingerprint density at radius 3 is 2.06 bits per heavy atom. The minimum Gasteiger partial charge on any atom is -1.00 e. The van der Waals surface area contributed by atoms with Crippen LogP contribution < -0.4 is 37.2 Å². The first kappa shape index (κ1) is 20.1. The number of hydrogen-bond acceptors (Lipinski definition) is 0. The zero-order valence-electron chi connectivity index (χ0n) is 10.1. The number of allylic oxidation sites excluding steroid dienone is 1. The van der Waals surface area contributed by atoms with Crippen LogP contribution in [-0.4, -0.2) is 8.07 Å². The molecule has 0 fully saturated rings. The Labute approximate surface area is 135 Å². The van der Waals surface area contributed by atoms with Gasteiger partial charge in [0.25, 0.3) is 0 Å². The number of hydrogen-bond donors (Lipinski definition) is 0. The van der Waals surface area contributed by atoms with Crippen molar-refractivity contribution < 1.29 is 57.7 Å². The summed E-state index contributed by atoms with van der Waals surface area (Å²) in [5.74, 6) is 0. The molecule has 17 heavy (non-hydrogen) atoms. The molecule has 0 amide bonds. The molecule has 1 aromatic rings. The normalized spacial score (nSPS) is 17.0. The van der Waals surface area contributed by atoms with E-state index in [2.05, 4.69) is 70.4 Å². The molecule has 0 N–H and O–H groups in total. The maximum atomic E-state index is 2.46. The third-order valence-corrected chi connectivity index (χ3v) is 6.28. The molecule has 0 radical (unpaired) electrons. The van der Waals surface area contributed by atoms with Gasteiger partial charge in [0, 0.05) is 0 Å². The summed E-state index contributed by atoms with van der Waals surface area (Å²) in [6, 6.07) is 8.83. The van der Waals surface area contributed by atoms with Crippen molar-refractivity contribution in [3.8, 4) is 0 Å². The first-order valence-electron chi connectivity index (χ1n) is 5.02. The molecule has 0 aromatic heterocycles. The van der Waals surface area contributed by atoms with E-state index in [0.717, 1.165) is 5.54 Å². The Morgan fingerprint density at radius 2 is 1.53 bits per heavy atom. The van der Waals surface area contributed by atoms with E-state index in [1.165, 1.54) is 5.56 Å². The standard InChI is InChI=1S/C12H15Si.3ClH.Ti/c1-13(2,3)12-9-8-10-6-4-5-7-11(10)12;;;;/h4-8,12H,1-3H3;3*1H;/q;;;;+3/p-3. The summed E-state index contributed by atoms with van der Waals surface area (Å²) in [5, 5.41) is 0. The van der Waals surface area contributed by atoms with E-state index >= 15 is 0 Å². The van der Waals surface area contributed by atoms with Crippen LogP contribution in [0.25, 0.3) is 6.08 Å². The minimum atomic E-state index is -1.11. The fourth-order valence-electron chi connectivity index (χ4n) is 2.26. The van der Waals surface area contributed by atoms with Gasteiger partial charge >= 0.3 is 99.0 Å². The van der Waals surface area contributed by atoms with Crippen LogP contribution in [0.15, 0.2) is 28.1 Å². The van der Waals surface area contributed by atoms with E-state index in [-0.39, 0.29) is 37.2 Å². The molecule has 1 atom stereocenters. The second kappa shape index (κ2) is 7.37. The van der Waals surface area contributed by atoms with Crippen LogP contribution in [0.1, 0.15) is 16.7 Å².